The SMILES string of the molecule is Cc1noc(CCC(C)C)n1. The van der Waals surface area contributed by atoms with Crippen molar-refractivity contribution >= 4 is 0 Å². The third kappa shape index (κ3) is 2.70. The van der Waals surface area contributed by atoms with E-state index >= 15 is 0 Å². The normalized spacial score (nSPS) is 10.9. The summed E-state index contributed by atoms with van der Waals surface area (Å²) in [5, 5.41) is 3.71. The Bertz CT molecular complexity index is 218. The van der Waals surface area contributed by atoms with Gasteiger partial charge in [0, 0.05) is 6.42 Å². The zero-order chi connectivity index (χ0) is 8.27. The van der Waals surface area contributed by atoms with Crippen molar-refractivity contribution in [2.45, 2.75) is 33.6 Å². The fourth-order valence-corrected chi connectivity index (χ4v) is 0.854. The molecule has 0 atom stereocenters. The van der Waals surface area contributed by atoms with Crippen LogP contribution in [0.5, 0.6) is 0 Å². The first-order valence-electron chi connectivity index (χ1n) is 3.97. The summed E-state index contributed by atoms with van der Waals surface area (Å²) in [7, 11) is 0. The number of nitrogens with zero attached hydrogens (tertiary/aromatic N) is 2. The number of rotatable bonds is 3. The maximum absolute atomic E-state index is 4.95. The van der Waals surface area contributed by atoms with Crippen LogP contribution in [0.4, 0.5) is 0 Å². The van der Waals surface area contributed by atoms with Crippen LogP contribution in [0, 0.1) is 12.8 Å². The first-order chi connectivity index (χ1) is 5.18. The summed E-state index contributed by atoms with van der Waals surface area (Å²) in [6.45, 7) is 6.20. The summed E-state index contributed by atoms with van der Waals surface area (Å²) >= 11 is 0. The Balaban J connectivity index is 2.39. The molecule has 0 aromatic carbocycles. The van der Waals surface area contributed by atoms with Gasteiger partial charge in [-0.3, -0.25) is 0 Å². The molecule has 62 valence electrons. The quantitative estimate of drug-likeness (QED) is 0.668. The standard InChI is InChI=1S/C8H14N2O/c1-6(2)4-5-8-9-7(3)10-11-8/h6H,4-5H2,1-3H3. The van der Waals surface area contributed by atoms with E-state index in [0.29, 0.717) is 5.92 Å². The zero-order valence-electron chi connectivity index (χ0n) is 7.29. The third-order valence-electron chi connectivity index (χ3n) is 1.51. The Morgan fingerprint density at radius 2 is 2.18 bits per heavy atom. The second-order valence-electron chi connectivity index (χ2n) is 3.17. The molecule has 0 fully saturated rings. The van der Waals surface area contributed by atoms with Crippen LogP contribution in [-0.4, -0.2) is 10.1 Å². The highest BCUT2D eigenvalue weighted by Gasteiger charge is 2.02. The lowest BCUT2D eigenvalue weighted by atomic mass is 10.1. The molecular formula is C8H14N2O. The predicted octanol–water partition coefficient (Wildman–Crippen LogP) is 1.97. The lowest BCUT2D eigenvalue weighted by Crippen LogP contribution is -1.91. The summed E-state index contributed by atoms with van der Waals surface area (Å²) < 4.78 is 4.95. The van der Waals surface area contributed by atoms with Gasteiger partial charge in [-0.2, -0.15) is 4.98 Å². The van der Waals surface area contributed by atoms with Gasteiger partial charge >= 0.3 is 0 Å². The molecular weight excluding hydrogens is 140 g/mol. The molecule has 0 saturated heterocycles. The van der Waals surface area contributed by atoms with Gasteiger partial charge in [-0.15, -0.1) is 0 Å². The molecule has 0 radical (unpaired) electrons. The van der Waals surface area contributed by atoms with Gasteiger partial charge in [0.25, 0.3) is 0 Å². The van der Waals surface area contributed by atoms with Crippen molar-refractivity contribution < 1.29 is 4.52 Å². The lowest BCUT2D eigenvalue weighted by Gasteiger charge is -1.98. The Labute approximate surface area is 66.8 Å². The average Bonchev–Trinajstić information content (AvgIpc) is 2.31. The van der Waals surface area contributed by atoms with Crippen LogP contribution >= 0.6 is 0 Å². The Morgan fingerprint density at radius 3 is 2.64 bits per heavy atom. The van der Waals surface area contributed by atoms with Gasteiger partial charge in [-0.05, 0) is 19.3 Å². The van der Waals surface area contributed by atoms with E-state index in [0.717, 1.165) is 24.6 Å². The molecule has 0 N–H and O–H groups in total. The molecule has 3 nitrogen and oxygen atoms in total. The lowest BCUT2D eigenvalue weighted by molar-refractivity contribution is 0.364. The van der Waals surface area contributed by atoms with E-state index < -0.39 is 0 Å². The number of aromatic nitrogens is 2. The van der Waals surface area contributed by atoms with Crippen molar-refractivity contribution in [3.8, 4) is 0 Å². The minimum absolute atomic E-state index is 0.696. The molecule has 1 aromatic rings. The van der Waals surface area contributed by atoms with Crippen LogP contribution in [0.25, 0.3) is 0 Å². The Kier molecular flexibility index (Phi) is 2.63. The number of hydrogen-bond donors (Lipinski definition) is 0. The largest absolute Gasteiger partial charge is 0.339 e. The minimum Gasteiger partial charge on any atom is -0.339 e. The topological polar surface area (TPSA) is 38.9 Å². The van der Waals surface area contributed by atoms with Crippen LogP contribution in [0.15, 0.2) is 4.52 Å². The maximum Gasteiger partial charge on any atom is 0.226 e. The molecule has 3 heteroatoms. The molecule has 1 aromatic heterocycles. The van der Waals surface area contributed by atoms with Gasteiger partial charge in [0.1, 0.15) is 0 Å². The van der Waals surface area contributed by atoms with E-state index in [4.69, 9.17) is 4.52 Å². The second kappa shape index (κ2) is 3.51. The van der Waals surface area contributed by atoms with Crippen LogP contribution < -0.4 is 0 Å². The summed E-state index contributed by atoms with van der Waals surface area (Å²) in [6, 6.07) is 0. The van der Waals surface area contributed by atoms with Crippen molar-refractivity contribution in [3.05, 3.63) is 11.7 Å². The monoisotopic (exact) mass is 154 g/mol. The van der Waals surface area contributed by atoms with Crippen molar-refractivity contribution in [1.29, 1.82) is 0 Å². The average molecular weight is 154 g/mol. The molecule has 0 saturated carbocycles. The van der Waals surface area contributed by atoms with E-state index in [1.54, 1.807) is 0 Å². The van der Waals surface area contributed by atoms with Crippen molar-refractivity contribution in [2.24, 2.45) is 5.92 Å². The first kappa shape index (κ1) is 8.24. The smallest absolute Gasteiger partial charge is 0.226 e. The number of aryl methyl sites for hydroxylation is 2. The van der Waals surface area contributed by atoms with Crippen molar-refractivity contribution in [3.63, 3.8) is 0 Å². The van der Waals surface area contributed by atoms with Crippen LogP contribution in [-0.2, 0) is 6.42 Å². The fourth-order valence-electron chi connectivity index (χ4n) is 0.854. The molecule has 0 spiro atoms. The Morgan fingerprint density at radius 1 is 1.45 bits per heavy atom. The van der Waals surface area contributed by atoms with Gasteiger partial charge in [-0.25, -0.2) is 0 Å². The summed E-state index contributed by atoms with van der Waals surface area (Å²) in [4.78, 5) is 4.10. The van der Waals surface area contributed by atoms with E-state index in [9.17, 15) is 0 Å². The zero-order valence-corrected chi connectivity index (χ0v) is 7.29. The van der Waals surface area contributed by atoms with Crippen molar-refractivity contribution in [1.82, 2.24) is 10.1 Å². The summed E-state index contributed by atoms with van der Waals surface area (Å²) in [5.74, 6) is 2.18. The summed E-state index contributed by atoms with van der Waals surface area (Å²) in [6.07, 6.45) is 2.01. The predicted molar refractivity (Wildman–Crippen MR) is 42.2 cm³/mol. The van der Waals surface area contributed by atoms with E-state index in [-0.39, 0.29) is 0 Å². The van der Waals surface area contributed by atoms with E-state index in [1.165, 1.54) is 0 Å². The molecule has 11 heavy (non-hydrogen) atoms. The minimum atomic E-state index is 0.696. The third-order valence-corrected chi connectivity index (χ3v) is 1.51. The van der Waals surface area contributed by atoms with E-state index in [2.05, 4.69) is 24.0 Å². The fraction of sp³-hybridized carbons (Fsp3) is 0.750. The molecule has 1 rings (SSSR count). The highest BCUT2D eigenvalue weighted by atomic mass is 16.5. The molecule has 0 amide bonds. The van der Waals surface area contributed by atoms with Crippen LogP contribution in [0.3, 0.4) is 0 Å². The Hall–Kier alpha value is -0.860. The molecule has 0 aliphatic rings. The maximum atomic E-state index is 4.95. The molecule has 0 aliphatic heterocycles. The molecule has 0 unspecified atom stereocenters. The van der Waals surface area contributed by atoms with Crippen LogP contribution in [0.2, 0.25) is 0 Å². The van der Waals surface area contributed by atoms with Gasteiger partial charge in [0.15, 0.2) is 5.82 Å². The van der Waals surface area contributed by atoms with Crippen molar-refractivity contribution in [2.75, 3.05) is 0 Å². The molecule has 0 bridgehead atoms. The number of hydrogen-bond acceptors (Lipinski definition) is 3. The van der Waals surface area contributed by atoms with Gasteiger partial charge in [0.2, 0.25) is 5.89 Å². The highest BCUT2D eigenvalue weighted by molar-refractivity contribution is 4.82. The molecule has 1 heterocycles. The summed E-state index contributed by atoms with van der Waals surface area (Å²) in [5.41, 5.74) is 0. The molecule has 0 aliphatic carbocycles. The van der Waals surface area contributed by atoms with Gasteiger partial charge in [0.05, 0.1) is 0 Å². The van der Waals surface area contributed by atoms with E-state index in [1.807, 2.05) is 6.92 Å². The van der Waals surface area contributed by atoms with Crippen LogP contribution in [0.1, 0.15) is 32.0 Å². The first-order valence-corrected chi connectivity index (χ1v) is 3.97. The van der Waals surface area contributed by atoms with Gasteiger partial charge < -0.3 is 4.52 Å². The second-order valence-corrected chi connectivity index (χ2v) is 3.17. The van der Waals surface area contributed by atoms with Gasteiger partial charge in [-0.1, -0.05) is 19.0 Å². The highest BCUT2D eigenvalue weighted by Crippen LogP contribution is 2.06.